The third-order valence-corrected chi connectivity index (χ3v) is 3.99. The van der Waals surface area contributed by atoms with E-state index in [-0.39, 0.29) is 24.8 Å². The normalized spacial score (nSPS) is 19.7. The van der Waals surface area contributed by atoms with Gasteiger partial charge >= 0.3 is 5.97 Å². The Labute approximate surface area is 114 Å². The number of carboxylic acids is 1. The van der Waals surface area contributed by atoms with Crippen LogP contribution in [0.5, 0.6) is 0 Å². The number of carbonyl (C=O) groups excluding carboxylic acids is 1. The average Bonchev–Trinajstić information content (AvgIpc) is 2.42. The smallest absolute Gasteiger partial charge is 0.303 e. The van der Waals surface area contributed by atoms with Crippen molar-refractivity contribution in [1.29, 1.82) is 0 Å². The molecule has 0 aliphatic heterocycles. The fourth-order valence-electron chi connectivity index (χ4n) is 2.79. The molecule has 5 nitrogen and oxygen atoms in total. The lowest BCUT2D eigenvalue weighted by atomic mass is 9.83. The summed E-state index contributed by atoms with van der Waals surface area (Å²) < 4.78 is 0. The maximum Gasteiger partial charge on any atom is 0.303 e. The minimum absolute atomic E-state index is 0.0607. The Balaban J connectivity index is 2.40. The van der Waals surface area contributed by atoms with Crippen LogP contribution in [-0.4, -0.2) is 29.1 Å². The molecule has 0 aromatic heterocycles. The Hall–Kier alpha value is -1.10. The lowest BCUT2D eigenvalue weighted by Crippen LogP contribution is -2.48. The minimum atomic E-state index is -0.914. The number of amides is 1. The van der Waals surface area contributed by atoms with E-state index in [4.69, 9.17) is 10.8 Å². The van der Waals surface area contributed by atoms with Gasteiger partial charge in [-0.3, -0.25) is 9.59 Å². The molecule has 0 bridgehead atoms. The van der Waals surface area contributed by atoms with Crippen LogP contribution in [0.3, 0.4) is 0 Å². The van der Waals surface area contributed by atoms with Gasteiger partial charge in [-0.1, -0.05) is 26.2 Å². The SMILES string of the molecule is CCC(NC(=O)C(N)CCC(=O)O)C1CCCCC1. The van der Waals surface area contributed by atoms with E-state index in [1.54, 1.807) is 0 Å². The van der Waals surface area contributed by atoms with Crippen molar-refractivity contribution in [3.63, 3.8) is 0 Å². The van der Waals surface area contributed by atoms with Gasteiger partial charge < -0.3 is 16.2 Å². The summed E-state index contributed by atoms with van der Waals surface area (Å²) in [7, 11) is 0. The van der Waals surface area contributed by atoms with Crippen LogP contribution in [0.1, 0.15) is 58.3 Å². The van der Waals surface area contributed by atoms with E-state index in [1.807, 2.05) is 0 Å². The number of hydrogen-bond acceptors (Lipinski definition) is 3. The topological polar surface area (TPSA) is 92.4 Å². The van der Waals surface area contributed by atoms with Crippen molar-refractivity contribution in [3.8, 4) is 0 Å². The van der Waals surface area contributed by atoms with Gasteiger partial charge in [0.25, 0.3) is 0 Å². The average molecular weight is 270 g/mol. The molecule has 0 saturated heterocycles. The van der Waals surface area contributed by atoms with Crippen LogP contribution in [0.25, 0.3) is 0 Å². The summed E-state index contributed by atoms with van der Waals surface area (Å²) in [4.78, 5) is 22.4. The van der Waals surface area contributed by atoms with Crippen molar-refractivity contribution >= 4 is 11.9 Å². The van der Waals surface area contributed by atoms with E-state index >= 15 is 0 Å². The zero-order valence-electron chi connectivity index (χ0n) is 11.7. The first kappa shape index (κ1) is 16.0. The standard InChI is InChI=1S/C14H26N2O3/c1-2-12(10-6-4-3-5-7-10)16-14(19)11(15)8-9-13(17)18/h10-12H,2-9,15H2,1H3,(H,16,19)(H,17,18). The van der Waals surface area contributed by atoms with Crippen LogP contribution in [-0.2, 0) is 9.59 Å². The number of nitrogens with two attached hydrogens (primary N) is 1. The van der Waals surface area contributed by atoms with Gasteiger partial charge in [0.05, 0.1) is 6.04 Å². The predicted molar refractivity (Wildman–Crippen MR) is 73.6 cm³/mol. The van der Waals surface area contributed by atoms with Gasteiger partial charge in [-0.2, -0.15) is 0 Å². The van der Waals surface area contributed by atoms with Crippen molar-refractivity contribution in [2.75, 3.05) is 0 Å². The van der Waals surface area contributed by atoms with Gasteiger partial charge in [-0.15, -0.1) is 0 Å². The van der Waals surface area contributed by atoms with Gasteiger partial charge in [-0.05, 0) is 31.6 Å². The minimum Gasteiger partial charge on any atom is -0.481 e. The van der Waals surface area contributed by atoms with Crippen molar-refractivity contribution < 1.29 is 14.7 Å². The fourth-order valence-corrected chi connectivity index (χ4v) is 2.79. The molecule has 0 heterocycles. The molecule has 4 N–H and O–H groups in total. The quantitative estimate of drug-likeness (QED) is 0.656. The summed E-state index contributed by atoms with van der Waals surface area (Å²) in [5, 5.41) is 11.6. The van der Waals surface area contributed by atoms with Crippen molar-refractivity contribution in [1.82, 2.24) is 5.32 Å². The molecule has 1 amide bonds. The van der Waals surface area contributed by atoms with E-state index in [2.05, 4.69) is 12.2 Å². The van der Waals surface area contributed by atoms with E-state index < -0.39 is 12.0 Å². The highest BCUT2D eigenvalue weighted by atomic mass is 16.4. The predicted octanol–water partition coefficient (Wildman–Crippen LogP) is 1.65. The Morgan fingerprint density at radius 3 is 2.47 bits per heavy atom. The van der Waals surface area contributed by atoms with Crippen LogP contribution < -0.4 is 11.1 Å². The molecule has 0 spiro atoms. The van der Waals surface area contributed by atoms with Crippen molar-refractivity contribution in [2.24, 2.45) is 11.7 Å². The third kappa shape index (κ3) is 5.59. The highest BCUT2D eigenvalue weighted by Crippen LogP contribution is 2.27. The number of hydrogen-bond donors (Lipinski definition) is 3. The van der Waals surface area contributed by atoms with Crippen LogP contribution in [0.15, 0.2) is 0 Å². The first-order valence-corrected chi connectivity index (χ1v) is 7.32. The molecule has 1 fully saturated rings. The van der Waals surface area contributed by atoms with Crippen LogP contribution in [0.2, 0.25) is 0 Å². The Morgan fingerprint density at radius 2 is 1.95 bits per heavy atom. The second kappa shape index (κ2) is 8.15. The number of nitrogens with one attached hydrogen (secondary N) is 1. The summed E-state index contributed by atoms with van der Waals surface area (Å²) in [6, 6.07) is -0.530. The first-order valence-electron chi connectivity index (χ1n) is 7.32. The number of rotatable bonds is 7. The molecule has 2 atom stereocenters. The Bertz CT molecular complexity index is 301. The highest BCUT2D eigenvalue weighted by molar-refractivity contribution is 5.82. The summed E-state index contributed by atoms with van der Waals surface area (Å²) in [6.07, 6.45) is 7.15. The van der Waals surface area contributed by atoms with Gasteiger partial charge in [0.15, 0.2) is 0 Å². The maximum atomic E-state index is 11.9. The highest BCUT2D eigenvalue weighted by Gasteiger charge is 2.25. The molecular weight excluding hydrogens is 244 g/mol. The summed E-state index contributed by atoms with van der Waals surface area (Å²) in [5.74, 6) is -0.574. The molecule has 110 valence electrons. The van der Waals surface area contributed by atoms with Crippen molar-refractivity contribution in [3.05, 3.63) is 0 Å². The van der Waals surface area contributed by atoms with E-state index in [0.29, 0.717) is 5.92 Å². The summed E-state index contributed by atoms with van der Waals surface area (Å²) in [6.45, 7) is 2.07. The maximum absolute atomic E-state index is 11.9. The molecule has 1 aliphatic rings. The second-order valence-corrected chi connectivity index (χ2v) is 5.46. The molecule has 1 aliphatic carbocycles. The zero-order valence-corrected chi connectivity index (χ0v) is 11.7. The second-order valence-electron chi connectivity index (χ2n) is 5.46. The lowest BCUT2D eigenvalue weighted by Gasteiger charge is -2.31. The molecule has 0 aromatic rings. The zero-order chi connectivity index (χ0) is 14.3. The molecule has 0 radical (unpaired) electrons. The number of carbonyl (C=O) groups is 2. The molecule has 19 heavy (non-hydrogen) atoms. The Kier molecular flexibility index (Phi) is 6.84. The summed E-state index contributed by atoms with van der Waals surface area (Å²) >= 11 is 0. The lowest BCUT2D eigenvalue weighted by molar-refractivity contribution is -0.137. The van der Waals surface area contributed by atoms with Gasteiger partial charge in [-0.25, -0.2) is 0 Å². The van der Waals surface area contributed by atoms with Crippen LogP contribution in [0.4, 0.5) is 0 Å². The third-order valence-electron chi connectivity index (χ3n) is 3.99. The largest absolute Gasteiger partial charge is 0.481 e. The van der Waals surface area contributed by atoms with Gasteiger partial charge in [0, 0.05) is 12.5 Å². The van der Waals surface area contributed by atoms with E-state index in [9.17, 15) is 9.59 Å². The number of aliphatic carboxylic acids is 1. The summed E-state index contributed by atoms with van der Waals surface area (Å²) in [5.41, 5.74) is 5.72. The molecule has 1 saturated carbocycles. The van der Waals surface area contributed by atoms with Crippen LogP contribution >= 0.6 is 0 Å². The van der Waals surface area contributed by atoms with Crippen LogP contribution in [0, 0.1) is 5.92 Å². The molecular formula is C14H26N2O3. The molecule has 0 aromatic carbocycles. The van der Waals surface area contributed by atoms with E-state index in [0.717, 1.165) is 6.42 Å². The molecule has 1 rings (SSSR count). The fraction of sp³-hybridized carbons (Fsp3) is 0.857. The molecule has 2 unspecified atom stereocenters. The van der Waals surface area contributed by atoms with Crippen molar-refractivity contribution in [2.45, 2.75) is 70.4 Å². The monoisotopic (exact) mass is 270 g/mol. The number of carboxylic acid groups (broad SMARTS) is 1. The van der Waals surface area contributed by atoms with Gasteiger partial charge in [0.2, 0.25) is 5.91 Å². The van der Waals surface area contributed by atoms with E-state index in [1.165, 1.54) is 32.1 Å². The molecule has 5 heteroatoms. The van der Waals surface area contributed by atoms with Gasteiger partial charge in [0.1, 0.15) is 0 Å². The first-order chi connectivity index (χ1) is 9.04. The Morgan fingerprint density at radius 1 is 1.32 bits per heavy atom.